The first-order valence-electron chi connectivity index (χ1n) is 6.72. The molecule has 0 saturated carbocycles. The summed E-state index contributed by atoms with van der Waals surface area (Å²) in [4.78, 5) is 26.3. The fourth-order valence-electron chi connectivity index (χ4n) is 3.58. The first-order valence-corrected chi connectivity index (χ1v) is 6.72. The fourth-order valence-corrected chi connectivity index (χ4v) is 3.58. The van der Waals surface area contributed by atoms with Crippen molar-refractivity contribution >= 4 is 11.9 Å². The number of esters is 1. The van der Waals surface area contributed by atoms with E-state index in [4.69, 9.17) is 9.47 Å². The van der Waals surface area contributed by atoms with Crippen LogP contribution in [0.1, 0.15) is 13.8 Å². The molecular formula is C14H19NO4. The van der Waals surface area contributed by atoms with E-state index in [1.165, 1.54) is 7.11 Å². The lowest BCUT2D eigenvalue weighted by atomic mass is 9.77. The number of methoxy groups -OCH3 is 1. The lowest BCUT2D eigenvalue weighted by Crippen LogP contribution is -2.39. The summed E-state index contributed by atoms with van der Waals surface area (Å²) in [5.74, 6) is -0.817. The van der Waals surface area contributed by atoms with Crippen LogP contribution in [0.15, 0.2) is 12.2 Å². The largest absolute Gasteiger partial charge is 0.469 e. The molecule has 0 radical (unpaired) electrons. The Morgan fingerprint density at radius 2 is 2.37 bits per heavy atom. The molecular weight excluding hydrogens is 246 g/mol. The minimum absolute atomic E-state index is 0.0240. The van der Waals surface area contributed by atoms with Gasteiger partial charge in [-0.3, -0.25) is 9.59 Å². The molecule has 3 aliphatic rings. The molecule has 2 bridgehead atoms. The van der Waals surface area contributed by atoms with Crippen molar-refractivity contribution in [2.45, 2.75) is 25.6 Å². The zero-order valence-electron chi connectivity index (χ0n) is 11.5. The van der Waals surface area contributed by atoms with Gasteiger partial charge in [0.2, 0.25) is 5.91 Å². The van der Waals surface area contributed by atoms with Gasteiger partial charge in [0.1, 0.15) is 11.5 Å². The number of hydrogen-bond acceptors (Lipinski definition) is 4. The van der Waals surface area contributed by atoms with Gasteiger partial charge in [0.05, 0.1) is 25.7 Å². The fraction of sp³-hybridized carbons (Fsp3) is 0.714. The summed E-state index contributed by atoms with van der Waals surface area (Å²) in [6, 6.07) is 0. The van der Waals surface area contributed by atoms with Crippen LogP contribution in [0.2, 0.25) is 0 Å². The topological polar surface area (TPSA) is 55.8 Å². The van der Waals surface area contributed by atoms with E-state index in [-0.39, 0.29) is 18.0 Å². The Kier molecular flexibility index (Phi) is 2.71. The Labute approximate surface area is 112 Å². The standard InChI is InChI=1S/C14H19NO4/c1-8(2)6-15-7-14-5-4-9(19-14)10(13(17)18-3)11(14)12(15)16/h4-5,8-11H,6-7H2,1-3H3/t9-,10+,11+,14+/m1/s1. The minimum atomic E-state index is -0.602. The summed E-state index contributed by atoms with van der Waals surface area (Å²) >= 11 is 0. The number of ether oxygens (including phenoxy) is 2. The number of fused-ring (bicyclic) bond motifs is 1. The molecule has 3 heterocycles. The van der Waals surface area contributed by atoms with Gasteiger partial charge in [-0.15, -0.1) is 0 Å². The van der Waals surface area contributed by atoms with Gasteiger partial charge in [0.15, 0.2) is 0 Å². The Hall–Kier alpha value is -1.36. The molecule has 1 spiro atoms. The van der Waals surface area contributed by atoms with Crippen molar-refractivity contribution in [3.8, 4) is 0 Å². The van der Waals surface area contributed by atoms with Gasteiger partial charge in [-0.05, 0) is 5.92 Å². The average molecular weight is 265 g/mol. The molecule has 1 amide bonds. The molecule has 2 saturated heterocycles. The second-order valence-corrected chi connectivity index (χ2v) is 6.04. The van der Waals surface area contributed by atoms with Crippen LogP contribution < -0.4 is 0 Å². The maximum absolute atomic E-state index is 12.5. The normalized spacial score (nSPS) is 39.3. The summed E-state index contributed by atoms with van der Waals surface area (Å²) in [5, 5.41) is 0. The van der Waals surface area contributed by atoms with Crippen LogP contribution in [0.5, 0.6) is 0 Å². The lowest BCUT2D eigenvalue weighted by molar-refractivity contribution is -0.151. The predicted octanol–water partition coefficient (Wildman–Crippen LogP) is 0.597. The van der Waals surface area contributed by atoms with E-state index < -0.39 is 17.4 Å². The Bertz CT molecular complexity index is 458. The first-order chi connectivity index (χ1) is 8.98. The van der Waals surface area contributed by atoms with Crippen molar-refractivity contribution in [2.24, 2.45) is 17.8 Å². The molecule has 19 heavy (non-hydrogen) atoms. The number of carbonyl (C=O) groups excluding carboxylic acids is 2. The molecule has 3 rings (SSSR count). The highest BCUT2D eigenvalue weighted by Crippen LogP contribution is 2.52. The van der Waals surface area contributed by atoms with E-state index in [1.807, 2.05) is 17.1 Å². The van der Waals surface area contributed by atoms with E-state index in [1.54, 1.807) is 0 Å². The molecule has 104 valence electrons. The van der Waals surface area contributed by atoms with Crippen LogP contribution in [-0.4, -0.2) is 48.7 Å². The summed E-state index contributed by atoms with van der Waals surface area (Å²) in [6.45, 7) is 5.40. The van der Waals surface area contributed by atoms with Crippen molar-refractivity contribution < 1.29 is 19.1 Å². The molecule has 4 atom stereocenters. The van der Waals surface area contributed by atoms with Gasteiger partial charge in [-0.2, -0.15) is 0 Å². The average Bonchev–Trinajstić information content (AvgIpc) is 2.97. The van der Waals surface area contributed by atoms with Crippen LogP contribution in [0.3, 0.4) is 0 Å². The molecule has 0 N–H and O–H groups in total. The zero-order chi connectivity index (χ0) is 13.8. The number of carbonyl (C=O) groups is 2. The van der Waals surface area contributed by atoms with Gasteiger partial charge < -0.3 is 14.4 Å². The van der Waals surface area contributed by atoms with Gasteiger partial charge >= 0.3 is 5.97 Å². The third kappa shape index (κ3) is 1.64. The SMILES string of the molecule is COC(=O)[C@@H]1[C@H]2C(=O)N(CC(C)C)C[C@@]23C=C[C@H]1O3. The summed E-state index contributed by atoms with van der Waals surface area (Å²) in [6.07, 6.45) is 3.55. The van der Waals surface area contributed by atoms with Crippen LogP contribution >= 0.6 is 0 Å². The van der Waals surface area contributed by atoms with Crippen LogP contribution in [-0.2, 0) is 19.1 Å². The van der Waals surface area contributed by atoms with Crippen molar-refractivity contribution in [3.05, 3.63) is 12.2 Å². The highest BCUT2D eigenvalue weighted by Gasteiger charge is 2.67. The van der Waals surface area contributed by atoms with Crippen molar-refractivity contribution in [1.29, 1.82) is 0 Å². The zero-order valence-corrected chi connectivity index (χ0v) is 11.5. The number of amides is 1. The van der Waals surface area contributed by atoms with Crippen LogP contribution in [0, 0.1) is 17.8 Å². The maximum atomic E-state index is 12.5. The van der Waals surface area contributed by atoms with Crippen molar-refractivity contribution in [3.63, 3.8) is 0 Å². The van der Waals surface area contributed by atoms with E-state index >= 15 is 0 Å². The number of hydrogen-bond donors (Lipinski definition) is 0. The Morgan fingerprint density at radius 3 is 3.00 bits per heavy atom. The maximum Gasteiger partial charge on any atom is 0.312 e. The van der Waals surface area contributed by atoms with Crippen molar-refractivity contribution in [2.75, 3.05) is 20.2 Å². The molecule has 2 fully saturated rings. The molecule has 0 aromatic carbocycles. The van der Waals surface area contributed by atoms with Crippen LogP contribution in [0.4, 0.5) is 0 Å². The highest BCUT2D eigenvalue weighted by molar-refractivity contribution is 5.91. The van der Waals surface area contributed by atoms with E-state index in [0.717, 1.165) is 0 Å². The molecule has 5 heteroatoms. The second kappa shape index (κ2) is 4.07. The second-order valence-electron chi connectivity index (χ2n) is 6.04. The van der Waals surface area contributed by atoms with E-state index in [2.05, 4.69) is 13.8 Å². The van der Waals surface area contributed by atoms with Gasteiger partial charge in [-0.1, -0.05) is 26.0 Å². The molecule has 3 aliphatic heterocycles. The highest BCUT2D eigenvalue weighted by atomic mass is 16.5. The number of likely N-dealkylation sites (tertiary alicyclic amines) is 1. The van der Waals surface area contributed by atoms with Gasteiger partial charge in [-0.25, -0.2) is 0 Å². The molecule has 0 unspecified atom stereocenters. The predicted molar refractivity (Wildman–Crippen MR) is 67.2 cm³/mol. The third-order valence-electron chi connectivity index (χ3n) is 4.24. The molecule has 0 aromatic heterocycles. The molecule has 0 aromatic rings. The quantitative estimate of drug-likeness (QED) is 0.554. The first kappa shape index (κ1) is 12.7. The molecule has 0 aliphatic carbocycles. The monoisotopic (exact) mass is 265 g/mol. The van der Waals surface area contributed by atoms with E-state index in [0.29, 0.717) is 19.0 Å². The minimum Gasteiger partial charge on any atom is -0.469 e. The van der Waals surface area contributed by atoms with Gasteiger partial charge in [0, 0.05) is 6.54 Å². The Morgan fingerprint density at radius 1 is 1.63 bits per heavy atom. The number of rotatable bonds is 3. The van der Waals surface area contributed by atoms with Crippen molar-refractivity contribution in [1.82, 2.24) is 4.90 Å². The van der Waals surface area contributed by atoms with Crippen LogP contribution in [0.25, 0.3) is 0 Å². The van der Waals surface area contributed by atoms with Gasteiger partial charge in [0.25, 0.3) is 0 Å². The van der Waals surface area contributed by atoms with E-state index in [9.17, 15) is 9.59 Å². The lowest BCUT2D eigenvalue weighted by Gasteiger charge is -2.22. The Balaban J connectivity index is 1.90. The summed E-state index contributed by atoms with van der Waals surface area (Å²) in [7, 11) is 1.36. The summed E-state index contributed by atoms with van der Waals surface area (Å²) < 4.78 is 10.8. The molecule has 5 nitrogen and oxygen atoms in total. The summed E-state index contributed by atoms with van der Waals surface area (Å²) in [5.41, 5.74) is -0.602. The smallest absolute Gasteiger partial charge is 0.312 e. The third-order valence-corrected chi connectivity index (χ3v) is 4.24. The number of nitrogens with zero attached hydrogens (tertiary/aromatic N) is 1.